The van der Waals surface area contributed by atoms with E-state index in [2.05, 4.69) is 0 Å². The maximum absolute atomic E-state index is 11.9. The van der Waals surface area contributed by atoms with Gasteiger partial charge in [0, 0.05) is 6.42 Å². The number of hydrogen-bond acceptors (Lipinski definition) is 4. The van der Waals surface area contributed by atoms with Gasteiger partial charge in [-0.3, -0.25) is 4.79 Å². The van der Waals surface area contributed by atoms with E-state index < -0.39 is 0 Å². The molecular formula is C14H22O2S2. The second-order valence-corrected chi connectivity index (χ2v) is 8.77. The van der Waals surface area contributed by atoms with Gasteiger partial charge >= 0.3 is 5.97 Å². The Balaban J connectivity index is 1.36. The topological polar surface area (TPSA) is 26.3 Å². The quantitative estimate of drug-likeness (QED) is 0.738. The zero-order valence-corrected chi connectivity index (χ0v) is 12.4. The summed E-state index contributed by atoms with van der Waals surface area (Å²) in [4.78, 5) is 11.9. The molecule has 0 amide bonds. The molecule has 4 heteroatoms. The highest BCUT2D eigenvalue weighted by Crippen LogP contribution is 2.49. The van der Waals surface area contributed by atoms with Gasteiger partial charge in [0.15, 0.2) is 0 Å². The predicted octanol–water partition coefficient (Wildman–Crippen LogP) is 3.55. The average molecular weight is 286 g/mol. The van der Waals surface area contributed by atoms with Gasteiger partial charge in [-0.1, -0.05) is 6.42 Å². The van der Waals surface area contributed by atoms with Gasteiger partial charge in [-0.25, -0.2) is 0 Å². The standard InChI is InChI=1S/C14H22O2S2/c15-13(16-9-14-17-4-1-5-18-14)8-12-7-10-2-3-11(12)6-10/h10-12,14H,1-9H2/t10-,11+,12-/m1/s1. The van der Waals surface area contributed by atoms with Crippen LogP contribution in [0.3, 0.4) is 0 Å². The van der Waals surface area contributed by atoms with Crippen molar-refractivity contribution in [2.75, 3.05) is 18.1 Å². The first kappa shape index (κ1) is 13.2. The minimum absolute atomic E-state index is 0.0549. The van der Waals surface area contributed by atoms with Gasteiger partial charge in [0.1, 0.15) is 6.61 Å². The van der Waals surface area contributed by atoms with Crippen LogP contribution in [0.5, 0.6) is 0 Å². The molecule has 2 aliphatic carbocycles. The van der Waals surface area contributed by atoms with Crippen LogP contribution in [0.1, 0.15) is 38.5 Å². The summed E-state index contributed by atoms with van der Waals surface area (Å²) in [7, 11) is 0. The minimum Gasteiger partial charge on any atom is -0.464 e. The summed E-state index contributed by atoms with van der Waals surface area (Å²) in [5.41, 5.74) is 0. The van der Waals surface area contributed by atoms with E-state index in [1.54, 1.807) is 0 Å². The Morgan fingerprint density at radius 1 is 1.17 bits per heavy atom. The highest BCUT2D eigenvalue weighted by molar-refractivity contribution is 8.17. The van der Waals surface area contributed by atoms with Crippen LogP contribution in [0.2, 0.25) is 0 Å². The molecule has 0 unspecified atom stereocenters. The Hall–Kier alpha value is 0.170. The molecule has 0 N–H and O–H groups in total. The van der Waals surface area contributed by atoms with Gasteiger partial charge in [-0.05, 0) is 54.9 Å². The smallest absolute Gasteiger partial charge is 0.306 e. The molecule has 1 heterocycles. The van der Waals surface area contributed by atoms with Crippen LogP contribution >= 0.6 is 23.5 Å². The third-order valence-corrected chi connectivity index (χ3v) is 7.47. The largest absolute Gasteiger partial charge is 0.464 e. The Labute approximate surface area is 118 Å². The number of hydrogen-bond donors (Lipinski definition) is 0. The van der Waals surface area contributed by atoms with E-state index in [1.807, 2.05) is 23.5 Å². The van der Waals surface area contributed by atoms with E-state index in [4.69, 9.17) is 4.74 Å². The molecule has 2 bridgehead atoms. The molecule has 0 spiro atoms. The molecule has 0 aromatic carbocycles. The van der Waals surface area contributed by atoms with E-state index in [0.717, 1.165) is 11.8 Å². The van der Waals surface area contributed by atoms with Crippen LogP contribution < -0.4 is 0 Å². The minimum atomic E-state index is 0.0549. The SMILES string of the molecule is O=C(C[C@H]1C[C@@H]2CC[C@H]1C2)OCC1SCCCS1. The lowest BCUT2D eigenvalue weighted by Gasteiger charge is -2.23. The lowest BCUT2D eigenvalue weighted by atomic mass is 9.86. The third kappa shape index (κ3) is 3.19. The van der Waals surface area contributed by atoms with Crippen LogP contribution in [-0.2, 0) is 9.53 Å². The number of ether oxygens (including phenoxy) is 1. The molecule has 18 heavy (non-hydrogen) atoms. The zero-order valence-electron chi connectivity index (χ0n) is 10.8. The van der Waals surface area contributed by atoms with Gasteiger partial charge in [0.2, 0.25) is 0 Å². The molecular weight excluding hydrogens is 264 g/mol. The van der Waals surface area contributed by atoms with Gasteiger partial charge in [-0.2, -0.15) is 0 Å². The second kappa shape index (κ2) is 6.08. The molecule has 1 aliphatic heterocycles. The summed E-state index contributed by atoms with van der Waals surface area (Å²) in [6.45, 7) is 0.620. The van der Waals surface area contributed by atoms with Crippen molar-refractivity contribution in [3.05, 3.63) is 0 Å². The number of esters is 1. The highest BCUT2D eigenvalue weighted by atomic mass is 32.2. The fourth-order valence-electron chi connectivity index (χ4n) is 3.69. The number of fused-ring (bicyclic) bond motifs is 2. The summed E-state index contributed by atoms with van der Waals surface area (Å²) in [6.07, 6.45) is 7.41. The number of rotatable bonds is 4. The molecule has 2 saturated carbocycles. The van der Waals surface area contributed by atoms with Crippen molar-refractivity contribution >= 4 is 29.5 Å². The predicted molar refractivity (Wildman–Crippen MR) is 77.8 cm³/mol. The maximum Gasteiger partial charge on any atom is 0.306 e. The highest BCUT2D eigenvalue weighted by Gasteiger charge is 2.40. The van der Waals surface area contributed by atoms with Crippen LogP contribution in [0.15, 0.2) is 0 Å². The first-order valence-electron chi connectivity index (χ1n) is 7.20. The zero-order chi connectivity index (χ0) is 12.4. The number of carbonyl (C=O) groups is 1. The summed E-state index contributed by atoms with van der Waals surface area (Å²) in [5.74, 6) is 4.91. The lowest BCUT2D eigenvalue weighted by Crippen LogP contribution is -2.21. The van der Waals surface area contributed by atoms with Crippen molar-refractivity contribution in [2.24, 2.45) is 17.8 Å². The summed E-state index contributed by atoms with van der Waals surface area (Å²) in [5, 5.41) is 0. The fourth-order valence-corrected chi connectivity index (χ4v) is 6.31. The normalized spacial score (nSPS) is 35.9. The third-order valence-electron chi connectivity index (χ3n) is 4.59. The average Bonchev–Trinajstić information content (AvgIpc) is 3.00. The fraction of sp³-hybridized carbons (Fsp3) is 0.929. The van der Waals surface area contributed by atoms with E-state index >= 15 is 0 Å². The van der Waals surface area contributed by atoms with Crippen LogP contribution in [0.25, 0.3) is 0 Å². The molecule has 0 aromatic rings. The lowest BCUT2D eigenvalue weighted by molar-refractivity contribution is -0.144. The Kier molecular flexibility index (Phi) is 4.45. The van der Waals surface area contributed by atoms with Crippen molar-refractivity contribution < 1.29 is 9.53 Å². The Morgan fingerprint density at radius 2 is 2.00 bits per heavy atom. The number of thioether (sulfide) groups is 2. The van der Waals surface area contributed by atoms with Crippen molar-refractivity contribution in [3.8, 4) is 0 Å². The van der Waals surface area contributed by atoms with Crippen molar-refractivity contribution in [3.63, 3.8) is 0 Å². The molecule has 3 atom stereocenters. The van der Waals surface area contributed by atoms with Crippen LogP contribution in [0, 0.1) is 17.8 Å². The maximum atomic E-state index is 11.9. The number of carbonyl (C=O) groups excluding carboxylic acids is 1. The van der Waals surface area contributed by atoms with Crippen molar-refractivity contribution in [1.29, 1.82) is 0 Å². The first-order chi connectivity index (χ1) is 8.81. The van der Waals surface area contributed by atoms with Crippen LogP contribution in [-0.4, -0.2) is 28.7 Å². The van der Waals surface area contributed by atoms with Crippen molar-refractivity contribution in [2.45, 2.75) is 43.1 Å². The summed E-state index contributed by atoms with van der Waals surface area (Å²) >= 11 is 3.89. The molecule has 102 valence electrons. The second-order valence-electron chi connectivity index (χ2n) is 5.85. The van der Waals surface area contributed by atoms with Gasteiger partial charge < -0.3 is 4.74 Å². The Morgan fingerprint density at radius 3 is 2.67 bits per heavy atom. The summed E-state index contributed by atoms with van der Waals surface area (Å²) < 4.78 is 5.96. The molecule has 3 fully saturated rings. The summed E-state index contributed by atoms with van der Waals surface area (Å²) in [6, 6.07) is 0. The van der Waals surface area contributed by atoms with E-state index in [1.165, 1.54) is 43.6 Å². The molecule has 0 radical (unpaired) electrons. The Bertz CT molecular complexity index is 302. The van der Waals surface area contributed by atoms with Gasteiger partial charge in [0.05, 0.1) is 4.58 Å². The van der Waals surface area contributed by atoms with Crippen LogP contribution in [0.4, 0.5) is 0 Å². The van der Waals surface area contributed by atoms with E-state index in [9.17, 15) is 4.79 Å². The first-order valence-corrected chi connectivity index (χ1v) is 9.30. The molecule has 2 nitrogen and oxygen atoms in total. The van der Waals surface area contributed by atoms with E-state index in [0.29, 0.717) is 23.5 Å². The molecule has 1 saturated heterocycles. The molecule has 3 aliphatic rings. The van der Waals surface area contributed by atoms with Gasteiger partial charge in [0.25, 0.3) is 0 Å². The van der Waals surface area contributed by atoms with Crippen molar-refractivity contribution in [1.82, 2.24) is 0 Å². The van der Waals surface area contributed by atoms with Gasteiger partial charge in [-0.15, -0.1) is 23.5 Å². The monoisotopic (exact) mass is 286 g/mol. The molecule has 0 aromatic heterocycles. The molecule has 3 rings (SSSR count). The van der Waals surface area contributed by atoms with E-state index in [-0.39, 0.29) is 5.97 Å².